The van der Waals surface area contributed by atoms with Gasteiger partial charge in [0, 0.05) is 24.6 Å². The van der Waals surface area contributed by atoms with Crippen molar-refractivity contribution in [3.05, 3.63) is 44.2 Å². The van der Waals surface area contributed by atoms with Gasteiger partial charge < -0.3 is 19.1 Å². The molecule has 1 aliphatic rings. The lowest BCUT2D eigenvalue weighted by Crippen LogP contribution is -2.40. The number of methoxy groups -OCH3 is 2. The second-order valence-electron chi connectivity index (χ2n) is 5.81. The predicted molar refractivity (Wildman–Crippen MR) is 91.6 cm³/mol. The molecule has 0 bridgehead atoms. The second kappa shape index (κ2) is 6.55. The summed E-state index contributed by atoms with van der Waals surface area (Å²) in [6, 6.07) is 5.72. The Bertz CT molecular complexity index is 806. The van der Waals surface area contributed by atoms with Crippen molar-refractivity contribution in [3.63, 3.8) is 0 Å². The topological polar surface area (TPSA) is 65.1 Å². The first kappa shape index (κ1) is 16.4. The Kier molecular flexibility index (Phi) is 4.46. The molecule has 0 radical (unpaired) electrons. The molecule has 0 unspecified atom stereocenters. The minimum atomic E-state index is -0.519. The lowest BCUT2D eigenvalue weighted by atomic mass is 9.97. The van der Waals surface area contributed by atoms with E-state index in [0.29, 0.717) is 25.4 Å². The standard InChI is InChI=1S/C18H21NO5/c1-4-24-18-15(16(20)17(18)21)19-8-7-11(10-19)13-9-12(22-2)5-6-14(13)23-3/h5-6,9,11H,4,7-8,10H2,1-3H3/t11-/m0/s1. The van der Waals surface area contributed by atoms with Crippen molar-refractivity contribution >= 4 is 5.69 Å². The van der Waals surface area contributed by atoms with E-state index in [9.17, 15) is 9.59 Å². The van der Waals surface area contributed by atoms with Gasteiger partial charge in [-0.1, -0.05) is 0 Å². The van der Waals surface area contributed by atoms with Crippen LogP contribution in [0.3, 0.4) is 0 Å². The number of anilines is 1. The Balaban J connectivity index is 1.85. The summed E-state index contributed by atoms with van der Waals surface area (Å²) in [4.78, 5) is 25.5. The summed E-state index contributed by atoms with van der Waals surface area (Å²) in [6.45, 7) is 3.53. The minimum Gasteiger partial charge on any atom is -0.497 e. The maximum absolute atomic E-state index is 11.9. The van der Waals surface area contributed by atoms with Gasteiger partial charge in [0.15, 0.2) is 5.75 Å². The van der Waals surface area contributed by atoms with Crippen molar-refractivity contribution in [2.75, 3.05) is 38.8 Å². The van der Waals surface area contributed by atoms with Crippen LogP contribution in [0, 0.1) is 0 Å². The van der Waals surface area contributed by atoms with Crippen LogP contribution in [0.25, 0.3) is 0 Å². The minimum absolute atomic E-state index is 0.203. The molecule has 0 amide bonds. The normalized spacial score (nSPS) is 17.3. The Morgan fingerprint density at radius 3 is 2.62 bits per heavy atom. The highest BCUT2D eigenvalue weighted by Gasteiger charge is 2.34. The van der Waals surface area contributed by atoms with Gasteiger partial charge in [0.2, 0.25) is 0 Å². The van der Waals surface area contributed by atoms with Crippen LogP contribution in [0.2, 0.25) is 0 Å². The van der Waals surface area contributed by atoms with Crippen molar-refractivity contribution in [1.29, 1.82) is 0 Å². The highest BCUT2D eigenvalue weighted by molar-refractivity contribution is 5.64. The number of rotatable bonds is 6. The van der Waals surface area contributed by atoms with E-state index in [1.807, 2.05) is 23.1 Å². The molecular formula is C18H21NO5. The first-order valence-electron chi connectivity index (χ1n) is 8.03. The second-order valence-corrected chi connectivity index (χ2v) is 5.81. The molecule has 2 aromatic carbocycles. The molecule has 128 valence electrons. The molecule has 1 atom stereocenters. The van der Waals surface area contributed by atoms with Crippen molar-refractivity contribution in [3.8, 4) is 17.2 Å². The van der Waals surface area contributed by atoms with Crippen molar-refractivity contribution in [2.24, 2.45) is 0 Å². The molecule has 1 heterocycles. The van der Waals surface area contributed by atoms with Gasteiger partial charge >= 0.3 is 0 Å². The fraction of sp³-hybridized carbons (Fsp3) is 0.444. The van der Waals surface area contributed by atoms with Crippen LogP contribution in [0.5, 0.6) is 17.2 Å². The van der Waals surface area contributed by atoms with Crippen molar-refractivity contribution in [1.82, 2.24) is 0 Å². The fourth-order valence-electron chi connectivity index (χ4n) is 3.30. The SMILES string of the molecule is CCOc1c(N2CC[C@H](c3cc(OC)ccc3OC)C2)c(=O)c1=O. The van der Waals surface area contributed by atoms with Crippen LogP contribution in [-0.2, 0) is 0 Å². The molecule has 1 saturated heterocycles. The summed E-state index contributed by atoms with van der Waals surface area (Å²) in [5.74, 6) is 1.99. The highest BCUT2D eigenvalue weighted by Crippen LogP contribution is 2.38. The molecule has 6 nitrogen and oxygen atoms in total. The molecule has 0 aliphatic carbocycles. The van der Waals surface area contributed by atoms with Gasteiger partial charge in [-0.2, -0.15) is 0 Å². The zero-order valence-corrected chi connectivity index (χ0v) is 14.1. The average molecular weight is 331 g/mol. The van der Waals surface area contributed by atoms with E-state index in [1.54, 1.807) is 21.1 Å². The third kappa shape index (κ3) is 2.62. The van der Waals surface area contributed by atoms with Crippen LogP contribution in [-0.4, -0.2) is 33.9 Å². The zero-order valence-electron chi connectivity index (χ0n) is 14.1. The predicted octanol–water partition coefficient (Wildman–Crippen LogP) is 1.69. The smallest absolute Gasteiger partial charge is 0.272 e. The van der Waals surface area contributed by atoms with Crippen LogP contribution in [0.1, 0.15) is 24.8 Å². The Hall–Kier alpha value is -2.50. The number of hydrogen-bond acceptors (Lipinski definition) is 6. The third-order valence-corrected chi connectivity index (χ3v) is 4.51. The van der Waals surface area contributed by atoms with Crippen LogP contribution in [0.4, 0.5) is 5.69 Å². The van der Waals surface area contributed by atoms with E-state index < -0.39 is 10.9 Å². The quantitative estimate of drug-likeness (QED) is 0.751. The summed E-state index contributed by atoms with van der Waals surface area (Å²) in [5.41, 5.74) is 0.508. The number of nitrogens with zero attached hydrogens (tertiary/aromatic N) is 1. The van der Waals surface area contributed by atoms with Gasteiger partial charge in [0.05, 0.1) is 20.8 Å². The maximum Gasteiger partial charge on any atom is 0.272 e. The molecular weight excluding hydrogens is 310 g/mol. The van der Waals surface area contributed by atoms with Crippen molar-refractivity contribution in [2.45, 2.75) is 19.3 Å². The Morgan fingerprint density at radius 1 is 1.17 bits per heavy atom. The van der Waals surface area contributed by atoms with Crippen molar-refractivity contribution < 1.29 is 14.2 Å². The molecule has 6 heteroatoms. The van der Waals surface area contributed by atoms with E-state index in [1.165, 1.54) is 0 Å². The van der Waals surface area contributed by atoms with E-state index in [2.05, 4.69) is 0 Å². The molecule has 1 fully saturated rings. The molecule has 0 saturated carbocycles. The highest BCUT2D eigenvalue weighted by atomic mass is 16.5. The molecule has 0 aromatic heterocycles. The Morgan fingerprint density at radius 2 is 1.96 bits per heavy atom. The Labute approximate surface area is 140 Å². The number of hydrogen-bond donors (Lipinski definition) is 0. The van der Waals surface area contributed by atoms with Crippen LogP contribution >= 0.6 is 0 Å². The molecule has 0 spiro atoms. The summed E-state index contributed by atoms with van der Waals surface area (Å²) < 4.78 is 16.1. The zero-order chi connectivity index (χ0) is 17.3. The van der Waals surface area contributed by atoms with E-state index in [-0.39, 0.29) is 11.7 Å². The molecule has 3 rings (SSSR count). The average Bonchev–Trinajstić information content (AvgIpc) is 3.09. The largest absolute Gasteiger partial charge is 0.497 e. The van der Waals surface area contributed by atoms with Gasteiger partial charge in [0.25, 0.3) is 10.9 Å². The van der Waals surface area contributed by atoms with E-state index >= 15 is 0 Å². The summed E-state index contributed by atoms with van der Waals surface area (Å²) in [5, 5.41) is 0. The first-order valence-corrected chi connectivity index (χ1v) is 8.03. The first-order chi connectivity index (χ1) is 11.6. The van der Waals surface area contributed by atoms with E-state index in [4.69, 9.17) is 14.2 Å². The molecule has 0 N–H and O–H groups in total. The van der Waals surface area contributed by atoms with Gasteiger partial charge in [-0.3, -0.25) is 9.59 Å². The summed E-state index contributed by atoms with van der Waals surface area (Å²) in [6.07, 6.45) is 0.869. The molecule has 1 aliphatic heterocycles. The lowest BCUT2D eigenvalue weighted by molar-refractivity contribution is 0.333. The van der Waals surface area contributed by atoms with E-state index in [0.717, 1.165) is 23.5 Å². The third-order valence-electron chi connectivity index (χ3n) is 4.51. The summed E-state index contributed by atoms with van der Waals surface area (Å²) in [7, 11) is 3.27. The van der Waals surface area contributed by atoms with Gasteiger partial charge in [-0.15, -0.1) is 0 Å². The number of benzene rings is 1. The van der Waals surface area contributed by atoms with Crippen LogP contribution in [0.15, 0.2) is 27.8 Å². The molecule has 24 heavy (non-hydrogen) atoms. The fourth-order valence-corrected chi connectivity index (χ4v) is 3.30. The lowest BCUT2D eigenvalue weighted by Gasteiger charge is -2.22. The maximum atomic E-state index is 11.9. The van der Waals surface area contributed by atoms with Gasteiger partial charge in [-0.25, -0.2) is 0 Å². The van der Waals surface area contributed by atoms with Gasteiger partial charge in [0.1, 0.15) is 17.2 Å². The molecule has 2 aromatic rings. The van der Waals surface area contributed by atoms with Crippen LogP contribution < -0.4 is 30.0 Å². The summed E-state index contributed by atoms with van der Waals surface area (Å²) >= 11 is 0. The van der Waals surface area contributed by atoms with Gasteiger partial charge in [-0.05, 0) is 31.5 Å². The number of ether oxygens (including phenoxy) is 3. The monoisotopic (exact) mass is 331 g/mol.